The third-order valence-corrected chi connectivity index (χ3v) is 8.95. The molecular weight excluding hydrogens is 676 g/mol. The van der Waals surface area contributed by atoms with Crippen molar-refractivity contribution in [2.75, 3.05) is 61.2 Å². The van der Waals surface area contributed by atoms with Gasteiger partial charge in [0.2, 0.25) is 11.5 Å². The van der Waals surface area contributed by atoms with Gasteiger partial charge in [-0.15, -0.1) is 0 Å². The predicted molar refractivity (Wildman–Crippen MR) is 207 cm³/mol. The lowest BCUT2D eigenvalue weighted by Crippen LogP contribution is -2.38. The third-order valence-electron chi connectivity index (χ3n) is 8.95. The van der Waals surface area contributed by atoms with Crippen molar-refractivity contribution in [3.05, 3.63) is 88.5 Å². The highest BCUT2D eigenvalue weighted by Crippen LogP contribution is 2.41. The zero-order valence-corrected chi connectivity index (χ0v) is 31.6. The lowest BCUT2D eigenvalue weighted by molar-refractivity contribution is 0.0935. The van der Waals surface area contributed by atoms with E-state index < -0.39 is 0 Å². The molecule has 0 aromatic heterocycles. The van der Waals surface area contributed by atoms with Crippen molar-refractivity contribution in [2.45, 2.75) is 45.2 Å². The molecule has 0 aliphatic carbocycles. The molecule has 1 amide bonds. The molecule has 0 saturated carbocycles. The van der Waals surface area contributed by atoms with Crippen LogP contribution in [-0.4, -0.2) is 61.8 Å². The van der Waals surface area contributed by atoms with Gasteiger partial charge in [0, 0.05) is 5.69 Å². The molecule has 4 aromatic carbocycles. The Kier molecular flexibility index (Phi) is 13.6. The number of fused-ring (bicyclic) bond motifs is 1. The Morgan fingerprint density at radius 3 is 1.66 bits per heavy atom. The number of hydrogen-bond acceptors (Lipinski definition) is 10. The van der Waals surface area contributed by atoms with Crippen molar-refractivity contribution in [3.63, 3.8) is 0 Å². The van der Waals surface area contributed by atoms with E-state index >= 15 is 0 Å². The zero-order valence-electron chi connectivity index (χ0n) is 31.6. The van der Waals surface area contributed by atoms with Gasteiger partial charge in [-0.3, -0.25) is 4.79 Å². The van der Waals surface area contributed by atoms with E-state index in [9.17, 15) is 4.79 Å². The molecule has 2 N–H and O–H groups in total. The molecule has 1 aliphatic heterocycles. The number of hydrogen-bond donors (Lipinski definition) is 2. The van der Waals surface area contributed by atoms with Gasteiger partial charge in [0.25, 0.3) is 5.91 Å². The van der Waals surface area contributed by atoms with Gasteiger partial charge < -0.3 is 48.5 Å². The van der Waals surface area contributed by atoms with E-state index in [-0.39, 0.29) is 12.1 Å². The maximum atomic E-state index is 12.7. The van der Waals surface area contributed by atoms with Gasteiger partial charge >= 0.3 is 0 Å². The summed E-state index contributed by atoms with van der Waals surface area (Å²) in [5.41, 5.74) is 5.13. The largest absolute Gasteiger partial charge is 0.493 e. The Hall–Kier alpha value is -5.71. The fourth-order valence-corrected chi connectivity index (χ4v) is 6.14. The van der Waals surface area contributed by atoms with Crippen molar-refractivity contribution in [1.82, 2.24) is 5.32 Å². The number of methoxy groups -OCH3 is 6. The normalized spacial score (nSPS) is 13.4. The van der Waals surface area contributed by atoms with Crippen molar-refractivity contribution in [1.29, 1.82) is 0 Å². The van der Waals surface area contributed by atoms with Crippen LogP contribution in [0, 0.1) is 6.92 Å². The van der Waals surface area contributed by atoms with E-state index in [2.05, 4.69) is 10.6 Å². The number of amides is 1. The lowest BCUT2D eigenvalue weighted by Gasteiger charge is -2.28. The Labute approximate surface area is 312 Å². The molecule has 5 rings (SSSR count). The summed E-state index contributed by atoms with van der Waals surface area (Å²) in [5, 5.41) is 6.43. The van der Waals surface area contributed by atoms with Gasteiger partial charge in [0.1, 0.15) is 6.17 Å². The maximum absolute atomic E-state index is 12.7. The fraction of sp³-hybridized carbons (Fsp3) is 0.357. The Morgan fingerprint density at radius 2 is 1.09 bits per heavy atom. The van der Waals surface area contributed by atoms with Gasteiger partial charge in [0.05, 0.1) is 61.4 Å². The van der Waals surface area contributed by atoms with E-state index in [1.165, 1.54) is 0 Å². The quantitative estimate of drug-likeness (QED) is 0.0720. The minimum absolute atomic E-state index is 0.106. The molecule has 0 bridgehead atoms. The van der Waals surface area contributed by atoms with Crippen molar-refractivity contribution >= 4 is 23.7 Å². The van der Waals surface area contributed by atoms with Crippen molar-refractivity contribution in [2.24, 2.45) is 0 Å². The average molecular weight is 727 g/mol. The van der Waals surface area contributed by atoms with E-state index in [1.54, 1.807) is 42.7 Å². The molecule has 11 nitrogen and oxygen atoms in total. The number of benzene rings is 4. The molecular formula is C42H50N2O9. The molecule has 1 atom stereocenters. The first-order valence-electron chi connectivity index (χ1n) is 17.7. The molecule has 282 valence electrons. The smallest absolute Gasteiger partial charge is 0.255 e. The number of anilines is 1. The summed E-state index contributed by atoms with van der Waals surface area (Å²) in [6, 6.07) is 19.1. The Balaban J connectivity index is 1.06. The Bertz CT molecular complexity index is 1840. The summed E-state index contributed by atoms with van der Waals surface area (Å²) < 4.78 is 45.6. The first-order valence-corrected chi connectivity index (χ1v) is 17.7. The van der Waals surface area contributed by atoms with Crippen LogP contribution in [0.2, 0.25) is 0 Å². The van der Waals surface area contributed by atoms with Crippen molar-refractivity contribution < 1.29 is 42.7 Å². The summed E-state index contributed by atoms with van der Waals surface area (Å²) in [7, 11) is 9.62. The zero-order chi connectivity index (χ0) is 37.7. The van der Waals surface area contributed by atoms with E-state index in [1.807, 2.05) is 79.7 Å². The van der Waals surface area contributed by atoms with Crippen LogP contribution >= 0.6 is 0 Å². The molecule has 1 heterocycles. The van der Waals surface area contributed by atoms with E-state index in [0.717, 1.165) is 60.0 Å². The van der Waals surface area contributed by atoms with E-state index in [4.69, 9.17) is 37.9 Å². The molecule has 1 aliphatic rings. The van der Waals surface area contributed by atoms with Gasteiger partial charge in [0.15, 0.2) is 34.5 Å². The molecule has 0 saturated heterocycles. The second-order valence-corrected chi connectivity index (χ2v) is 12.5. The predicted octanol–water partition coefficient (Wildman–Crippen LogP) is 8.48. The summed E-state index contributed by atoms with van der Waals surface area (Å²) >= 11 is 0. The fourth-order valence-electron chi connectivity index (χ4n) is 6.14. The van der Waals surface area contributed by atoms with Crippen LogP contribution in [0.5, 0.6) is 46.0 Å². The highest BCUT2D eigenvalue weighted by atomic mass is 16.5. The molecule has 11 heteroatoms. The number of carbonyl (C=O) groups excluding carboxylic acids is 1. The standard InChI is InChI=1S/C42H50N2O9/c1-27-13-17-32-31(21-27)42(45)44-41(43-32)30-16-18-33(34(26-30)46-2)52-19-11-9-8-10-12-20-53-40-37(49-5)24-29(25-38(40)50-6)15-14-28-22-35(47-3)39(51-7)36(23-28)48-4/h13-18,21-26,41,43H,8-12,19-20H2,1-7H3,(H,44,45). The first-order chi connectivity index (χ1) is 25.8. The maximum Gasteiger partial charge on any atom is 0.255 e. The number of ether oxygens (including phenoxy) is 8. The number of carbonyl (C=O) groups is 1. The second kappa shape index (κ2) is 18.7. The summed E-state index contributed by atoms with van der Waals surface area (Å²) in [4.78, 5) is 12.7. The summed E-state index contributed by atoms with van der Waals surface area (Å²) in [5.74, 6) is 4.65. The molecule has 1 unspecified atom stereocenters. The number of unbranched alkanes of at least 4 members (excludes halogenated alkanes) is 4. The topological polar surface area (TPSA) is 115 Å². The second-order valence-electron chi connectivity index (χ2n) is 12.5. The Morgan fingerprint density at radius 1 is 0.547 bits per heavy atom. The third kappa shape index (κ3) is 9.59. The number of rotatable bonds is 19. The van der Waals surface area contributed by atoms with Crippen LogP contribution in [0.4, 0.5) is 5.69 Å². The molecule has 0 spiro atoms. The van der Waals surface area contributed by atoms with Gasteiger partial charge in [-0.05, 0) is 85.0 Å². The highest BCUT2D eigenvalue weighted by Gasteiger charge is 2.25. The molecule has 0 radical (unpaired) electrons. The van der Waals surface area contributed by atoms with Crippen LogP contribution in [0.1, 0.15) is 70.9 Å². The minimum Gasteiger partial charge on any atom is -0.493 e. The van der Waals surface area contributed by atoms with Crippen molar-refractivity contribution in [3.8, 4) is 46.0 Å². The summed E-state index contributed by atoms with van der Waals surface area (Å²) in [6.07, 6.45) is 8.44. The van der Waals surface area contributed by atoms with Gasteiger partial charge in [-0.2, -0.15) is 0 Å². The van der Waals surface area contributed by atoms with Crippen LogP contribution in [-0.2, 0) is 0 Å². The average Bonchev–Trinajstić information content (AvgIpc) is 3.18. The van der Waals surface area contributed by atoms with Crippen LogP contribution < -0.4 is 48.5 Å². The molecule has 0 fully saturated rings. The number of nitrogens with one attached hydrogen (secondary N) is 2. The van der Waals surface area contributed by atoms with Crippen LogP contribution in [0.3, 0.4) is 0 Å². The highest BCUT2D eigenvalue weighted by molar-refractivity contribution is 6.02. The van der Waals surface area contributed by atoms with Crippen LogP contribution in [0.15, 0.2) is 60.7 Å². The summed E-state index contributed by atoms with van der Waals surface area (Å²) in [6.45, 7) is 3.08. The minimum atomic E-state index is -0.366. The first kappa shape index (κ1) is 38.5. The lowest BCUT2D eigenvalue weighted by atomic mass is 10.0. The van der Waals surface area contributed by atoms with Gasteiger partial charge in [-0.25, -0.2) is 0 Å². The SMILES string of the molecule is COc1cc(C2NC(=O)c3cc(C)ccc3N2)ccc1OCCCCCCCOc1c(OC)cc(C=Cc2cc(OC)c(OC)c(OC)c2)cc1OC. The van der Waals surface area contributed by atoms with E-state index in [0.29, 0.717) is 64.8 Å². The number of aryl methyl sites for hydroxylation is 1. The van der Waals surface area contributed by atoms with Gasteiger partial charge in [-0.1, -0.05) is 49.1 Å². The monoisotopic (exact) mass is 726 g/mol. The van der Waals surface area contributed by atoms with Crippen LogP contribution in [0.25, 0.3) is 12.2 Å². The molecule has 4 aromatic rings. The molecule has 53 heavy (non-hydrogen) atoms.